The van der Waals surface area contributed by atoms with Gasteiger partial charge >= 0.3 is 60.8 Å². The van der Waals surface area contributed by atoms with E-state index in [-0.39, 0.29) is 79.8 Å². The summed E-state index contributed by atoms with van der Waals surface area (Å²) in [6, 6.07) is 40.8. The molecule has 0 radical (unpaired) electrons. The number of nitrogens with one attached hydrogen (secondary N) is 3. The molecule has 660 valence electrons. The molecular weight excluding hydrogens is 1830 g/mol. The Balaban J connectivity index is 0.000000177. The predicted molar refractivity (Wildman–Crippen MR) is 500 cm³/mol. The maximum Gasteiger partial charge on any atom is 1.00 e. The fourth-order valence-electron chi connectivity index (χ4n) is 11.6. The summed E-state index contributed by atoms with van der Waals surface area (Å²) in [5, 5.41) is 36.9. The molecule has 0 aliphatic carbocycles. The van der Waals surface area contributed by atoms with Gasteiger partial charge in [0.15, 0.2) is 0 Å². The first-order chi connectivity index (χ1) is 61.7. The van der Waals surface area contributed by atoms with Crippen LogP contribution in [0.4, 0.5) is 4.79 Å². The number of halogens is 2. The van der Waals surface area contributed by atoms with Gasteiger partial charge < -0.3 is 65.5 Å². The van der Waals surface area contributed by atoms with Crippen LogP contribution in [0.3, 0.4) is 0 Å². The minimum Gasteiger partial charge on any atom is -0.544 e. The normalized spacial score (nSPS) is 11.0. The van der Waals surface area contributed by atoms with E-state index in [4.69, 9.17) is 48.6 Å². The maximum atomic E-state index is 12.9. The van der Waals surface area contributed by atoms with Crippen LogP contribution in [-0.2, 0) is 72.2 Å². The number of ether oxygens (including phenoxy) is 5. The number of amides is 3. The van der Waals surface area contributed by atoms with E-state index in [1.807, 2.05) is 105 Å². The third kappa shape index (κ3) is 27.3. The van der Waals surface area contributed by atoms with Gasteiger partial charge in [-0.2, -0.15) is 0 Å². The zero-order valence-electron chi connectivity index (χ0n) is 70.2. The number of fused-ring (bicyclic) bond motifs is 7. The fourth-order valence-corrected chi connectivity index (χ4v) is 19.4. The van der Waals surface area contributed by atoms with Crippen molar-refractivity contribution in [2.24, 2.45) is 5.73 Å². The first-order valence-corrected chi connectivity index (χ1v) is 45.2. The minimum atomic E-state index is -1.20. The van der Waals surface area contributed by atoms with E-state index in [9.17, 15) is 53.1 Å². The van der Waals surface area contributed by atoms with Gasteiger partial charge in [-0.3, -0.25) is 49.3 Å². The summed E-state index contributed by atoms with van der Waals surface area (Å²) in [5.74, 6) is -5.58. The van der Waals surface area contributed by atoms with Gasteiger partial charge in [-0.05, 0) is 150 Å². The van der Waals surface area contributed by atoms with Gasteiger partial charge in [0.1, 0.15) is 44.8 Å². The first-order valence-electron chi connectivity index (χ1n) is 38.7. The van der Waals surface area contributed by atoms with Crippen LogP contribution in [-0.4, -0.2) is 151 Å². The Hall–Kier alpha value is -12.4. The van der Waals surface area contributed by atoms with E-state index in [1.54, 1.807) is 91.8 Å². The molecule has 0 spiro atoms. The van der Waals surface area contributed by atoms with Gasteiger partial charge in [0.25, 0.3) is 11.8 Å². The van der Waals surface area contributed by atoms with Crippen molar-refractivity contribution < 1.29 is 106 Å². The second-order valence-corrected chi connectivity index (χ2v) is 34.7. The molecule has 0 bridgehead atoms. The quantitative estimate of drug-likeness (QED) is 0.0197. The van der Waals surface area contributed by atoms with Gasteiger partial charge in [0, 0.05) is 56.5 Å². The number of rotatable bonds is 23. The number of carboxylic acids is 3. The number of aromatic nitrogens is 7. The molecule has 39 heteroatoms. The van der Waals surface area contributed by atoms with Crippen molar-refractivity contribution in [3.63, 3.8) is 0 Å². The van der Waals surface area contributed by atoms with E-state index >= 15 is 0 Å². The molecule has 16 aromatic rings. The van der Waals surface area contributed by atoms with E-state index in [0.717, 1.165) is 132 Å². The Morgan fingerprint density at radius 2 is 0.752 bits per heavy atom. The summed E-state index contributed by atoms with van der Waals surface area (Å²) in [6.45, 7) is 11.7. The topological polar surface area (TPSA) is 433 Å². The van der Waals surface area contributed by atoms with Crippen molar-refractivity contribution in [3.8, 4) is 0 Å². The number of pyridine rings is 7. The van der Waals surface area contributed by atoms with E-state index in [1.165, 1.54) is 107 Å². The summed E-state index contributed by atoms with van der Waals surface area (Å²) in [5.41, 5.74) is 17.9. The third-order valence-electron chi connectivity index (χ3n) is 18.2. The van der Waals surface area contributed by atoms with E-state index < -0.39 is 42.1 Å². The summed E-state index contributed by atoms with van der Waals surface area (Å²) in [7, 11) is 4.11. The second-order valence-electron chi connectivity index (χ2n) is 26.5. The van der Waals surface area contributed by atoms with Crippen LogP contribution in [0, 0.1) is 0 Å². The number of nitrogens with zero attached hydrogens (tertiary/aromatic N) is 7. The van der Waals surface area contributed by atoms with Crippen LogP contribution in [0.5, 0.6) is 0 Å². The number of aryl methyl sites for hydroxylation is 4. The molecule has 7 N–H and O–H groups in total. The summed E-state index contributed by atoms with van der Waals surface area (Å²) < 4.78 is 31.1. The van der Waals surface area contributed by atoms with Gasteiger partial charge in [-0.25, -0.2) is 28.8 Å². The first kappa shape index (κ1) is 100. The van der Waals surface area contributed by atoms with Crippen molar-refractivity contribution in [2.75, 3.05) is 34.4 Å². The Morgan fingerprint density at radius 3 is 1.12 bits per heavy atom. The van der Waals surface area contributed by atoms with Crippen LogP contribution in [0.15, 0.2) is 196 Å². The zero-order chi connectivity index (χ0) is 92.1. The van der Waals surface area contributed by atoms with Gasteiger partial charge in [0.05, 0.1) is 123 Å². The number of carboxylic acid groups (broad SMARTS) is 3. The molecule has 2 aromatic carbocycles. The predicted octanol–water partition coefficient (Wildman–Crippen LogP) is 14.6. The smallest absolute Gasteiger partial charge is 0.544 e. The molecule has 0 aliphatic rings. The van der Waals surface area contributed by atoms with Crippen LogP contribution >= 0.6 is 103 Å². The molecule has 3 amide bonds. The standard InChI is InChI=1S/C28H27N3O5S.C13H15N3O3S.C11H11NO2S.C11H9NO2S.C10H9NO2S.C9H6ClNO2S.C8H4ClNO2S.Li/c1-2-21-13-14-29-22-15-24(37-25(21)22)26(32)30-16-23(27(33)35-17-19-9-5-3-6-10-19)31-28(34)36-18-20-11-7-4-8-12-20;1-2-7-3-4-15-9-5-10(20-11(7)9)12(17)16-6-8(14)13(18)19;2*1-3-7-4-5-12-8-6-9(11(13)14-2)15-10(7)8;1-2-6-3-4-11-7-5-8(10(12)13)14-9(6)7;1-13-9(12)7-4-6-8(14-7)5(10)2-3-11-6;9-4-1-2-10-5-3-6(8(11)12)13-7(4)5;/h3-15,23H,2,16-18H2,1H3,(H,30,32)(H,31,34);3-5,8H,2,6,14H2,1H3,(H,16,17)(H,18,19);4-6H,3H2,1-2H3;3-6H,1H2,2H3;3-5H,2H2,1H3,(H,12,13);2-4H,1H3;1-3H,(H,11,12);/q;;;;;;;+1/p-1/t23-;8-;;;;;;/m11....../s1. The van der Waals surface area contributed by atoms with Crippen LogP contribution < -0.4 is 45.7 Å². The van der Waals surface area contributed by atoms with E-state index in [2.05, 4.69) is 85.5 Å². The van der Waals surface area contributed by atoms with Crippen LogP contribution in [0.1, 0.15) is 134 Å². The number of alkyl carbamates (subject to hydrolysis) is 1. The van der Waals surface area contributed by atoms with Gasteiger partial charge in [-0.15, -0.1) is 79.4 Å². The number of aliphatic carboxylic acids is 1. The fraction of sp³-hybridized carbons (Fsp3) is 0.189. The number of carbonyl (C=O) groups excluding carboxylic acids is 8. The molecule has 14 heterocycles. The molecule has 14 aromatic heterocycles. The molecule has 0 unspecified atom stereocenters. The molecular formula is C90H80Cl2LiN11O18S7. The van der Waals surface area contributed by atoms with Gasteiger partial charge in [-0.1, -0.05) is 124 Å². The molecule has 2 atom stereocenters. The number of nitrogens with two attached hydrogens (primary N) is 1. The Kier molecular flexibility index (Phi) is 38.3. The molecule has 0 fully saturated rings. The van der Waals surface area contributed by atoms with Crippen molar-refractivity contribution >= 4 is 240 Å². The SMILES string of the molecule is C=Cc1ccnc2cc(C(=O)OC)sc12.CCc1ccnc2cc(C(=O)NC[C@@H](N)C(=O)O)sc12.CCc1ccnc2cc(C(=O)NC[C@@H](NC(=O)OCc3ccccc3)C(=O)OCc3ccccc3)sc12.CCc1ccnc2cc(C(=O)O)sc12.CCc1ccnc2cc(C(=O)OC)sc12.COC(=O)c1cc2nccc(Cl)c2s1.O=C([O-])c1cc2nccc(Cl)c2s1.[Li+]. The number of thiophene rings is 7. The zero-order valence-corrected chi connectivity index (χ0v) is 77.5. The molecule has 29 nitrogen and oxygen atoms in total. The molecule has 16 rings (SSSR count). The molecule has 0 saturated carbocycles. The van der Waals surface area contributed by atoms with Crippen LogP contribution in [0.25, 0.3) is 77.6 Å². The average Bonchev–Trinajstić information content (AvgIpc) is 1.73. The number of methoxy groups -OCH3 is 3. The number of aromatic carboxylic acids is 2. The summed E-state index contributed by atoms with van der Waals surface area (Å²) >= 11 is 20.9. The number of hydrogen-bond donors (Lipinski definition) is 6. The van der Waals surface area contributed by atoms with Crippen molar-refractivity contribution in [2.45, 2.75) is 78.7 Å². The number of hydrogen-bond acceptors (Lipinski definition) is 31. The maximum absolute atomic E-state index is 12.9. The molecule has 129 heavy (non-hydrogen) atoms. The summed E-state index contributed by atoms with van der Waals surface area (Å²) in [4.78, 5) is 148. The van der Waals surface area contributed by atoms with Gasteiger partial charge in [0.2, 0.25) is 0 Å². The number of benzene rings is 2. The number of carbonyl (C=O) groups is 10. The largest absolute Gasteiger partial charge is 1.00 e. The van der Waals surface area contributed by atoms with Crippen molar-refractivity contribution in [3.05, 3.63) is 279 Å². The third-order valence-corrected chi connectivity index (χ3v) is 27.2. The van der Waals surface area contributed by atoms with E-state index in [0.29, 0.717) is 49.5 Å². The monoisotopic (exact) mass is 1900 g/mol. The Bertz CT molecular complexity index is 6680. The number of esters is 4. The van der Waals surface area contributed by atoms with Crippen LogP contribution in [0.2, 0.25) is 10.0 Å². The van der Waals surface area contributed by atoms with Crippen molar-refractivity contribution in [1.29, 1.82) is 0 Å². The Morgan fingerprint density at radius 1 is 0.434 bits per heavy atom. The minimum absolute atomic E-state index is 0. The summed E-state index contributed by atoms with van der Waals surface area (Å²) in [6.07, 6.45) is 16.3. The average molecular weight is 1910 g/mol. The molecule has 0 saturated heterocycles. The second kappa shape index (κ2) is 49.2. The molecule has 0 aliphatic heterocycles. The Labute approximate surface area is 787 Å². The van der Waals surface area contributed by atoms with Crippen molar-refractivity contribution in [1.82, 2.24) is 50.8 Å².